The van der Waals surface area contributed by atoms with Crippen LogP contribution in [0.25, 0.3) is 0 Å². The zero-order valence-corrected chi connectivity index (χ0v) is 63.6. The molecule has 5 aliphatic heterocycles. The number of rotatable bonds is 18. The largest absolute Gasteiger partial charge is 0.478 e. The molecule has 1 saturated heterocycles. The minimum atomic E-state index is -1.45. The molecule has 5 N–H and O–H groups in total. The number of ether oxygens (including phenoxy) is 6. The van der Waals surface area contributed by atoms with E-state index in [-0.39, 0.29) is 93.8 Å². The topological polar surface area (TPSA) is 332 Å². The minimum Gasteiger partial charge on any atom is -0.478 e. The van der Waals surface area contributed by atoms with E-state index >= 15 is 0 Å². The predicted octanol–water partition coefficient (Wildman–Crippen LogP) is 12.9. The Kier molecular flexibility index (Phi) is 30.8. The smallest absolute Gasteiger partial charge is 0.418 e. The molecule has 1 fully saturated rings. The van der Waals surface area contributed by atoms with Crippen LogP contribution in [0, 0.1) is 46.5 Å². The molecule has 0 aromatic heterocycles. The number of amides is 8. The van der Waals surface area contributed by atoms with Crippen LogP contribution >= 0.6 is 0 Å². The van der Waals surface area contributed by atoms with Crippen molar-refractivity contribution in [3.63, 3.8) is 0 Å². The number of aliphatic imine (C=N–C) groups is 2. The SMILES string of the molecule is CCC1=C(C(=O)NCCCN2CCC(C(=O)OC)(c3ccccc3)CC2)C(c2ccc(F)c(F)c2)N(C(=O)OC)C(=O)N1.CCC1=C(C(=O)O)C(c2ccc(F)c(F)c2)N(C(=O)OC)C(=O)N1.CCC1=C(C(C)=O)C(c2ccc(F)c(F)c2)N(C(=O)OC)C(OC)=N1.CCC1=C(C(C)=O)C(c2ccc(F)c(F)c2)N=C(OC)N1. The number of aliphatic carboxylic acids is 1. The van der Waals surface area contributed by atoms with Gasteiger partial charge in [0.05, 0.1) is 64.9 Å². The van der Waals surface area contributed by atoms with Gasteiger partial charge in [0.2, 0.25) is 0 Å². The van der Waals surface area contributed by atoms with E-state index in [1.54, 1.807) is 20.8 Å². The lowest BCUT2D eigenvalue weighted by molar-refractivity contribution is -0.149. The lowest BCUT2D eigenvalue weighted by Crippen LogP contribution is -2.52. The Morgan fingerprint density at radius 2 is 0.920 bits per heavy atom. The van der Waals surface area contributed by atoms with Crippen molar-refractivity contribution in [2.75, 3.05) is 68.8 Å². The van der Waals surface area contributed by atoms with Crippen molar-refractivity contribution in [3.05, 3.63) is 223 Å². The van der Waals surface area contributed by atoms with Gasteiger partial charge in [-0.3, -0.25) is 19.2 Å². The Morgan fingerprint density at radius 3 is 1.32 bits per heavy atom. The number of urea groups is 2. The van der Waals surface area contributed by atoms with Crippen molar-refractivity contribution < 1.29 is 117 Å². The second-order valence-electron chi connectivity index (χ2n) is 25.3. The average molecular weight is 1590 g/mol. The molecular weight excluding hydrogens is 1500 g/mol. The van der Waals surface area contributed by atoms with Gasteiger partial charge in [0.1, 0.15) is 24.2 Å². The molecule has 113 heavy (non-hydrogen) atoms. The third kappa shape index (κ3) is 19.9. The molecule has 0 radical (unpaired) electrons. The van der Waals surface area contributed by atoms with Gasteiger partial charge in [-0.05, 0) is 155 Å². The van der Waals surface area contributed by atoms with Crippen LogP contribution in [0.4, 0.5) is 59.1 Å². The summed E-state index contributed by atoms with van der Waals surface area (Å²) in [5, 5.41) is 20.1. The van der Waals surface area contributed by atoms with Crippen LogP contribution in [0.5, 0.6) is 0 Å². The van der Waals surface area contributed by atoms with Crippen LogP contribution in [0.1, 0.15) is 138 Å². The van der Waals surface area contributed by atoms with Gasteiger partial charge in [0.25, 0.3) is 11.9 Å². The summed E-state index contributed by atoms with van der Waals surface area (Å²) in [6.45, 7) is 12.0. The van der Waals surface area contributed by atoms with Crippen molar-refractivity contribution >= 4 is 71.8 Å². The third-order valence-electron chi connectivity index (χ3n) is 18.8. The monoisotopic (exact) mass is 1580 g/mol. The maximum Gasteiger partial charge on any atom is 0.418 e. The predicted molar refractivity (Wildman–Crippen MR) is 390 cm³/mol. The molecule has 5 aliphatic rings. The first-order valence-electron chi connectivity index (χ1n) is 35.2. The number of carbonyl (C=O) groups is 10. The number of esters is 1. The van der Waals surface area contributed by atoms with Gasteiger partial charge in [-0.15, -0.1) is 0 Å². The fraction of sp³-hybridized carbons (Fsp3) is 0.359. The molecular formula is C78H84F8N10O17. The quantitative estimate of drug-likeness (QED) is 0.0235. The first-order chi connectivity index (χ1) is 53.8. The summed E-state index contributed by atoms with van der Waals surface area (Å²) in [5.74, 6) is -11.4. The van der Waals surface area contributed by atoms with E-state index in [9.17, 15) is 88.2 Å². The van der Waals surface area contributed by atoms with Crippen LogP contribution in [0.15, 0.2) is 158 Å². The fourth-order valence-corrected chi connectivity index (χ4v) is 13.3. The van der Waals surface area contributed by atoms with Gasteiger partial charge >= 0.3 is 48.3 Å². The summed E-state index contributed by atoms with van der Waals surface area (Å²) in [4.78, 5) is 137. The highest BCUT2D eigenvalue weighted by Gasteiger charge is 2.47. The Morgan fingerprint density at radius 1 is 0.504 bits per heavy atom. The number of carbonyl (C=O) groups excluding carboxylic acids is 9. The zero-order chi connectivity index (χ0) is 83.5. The molecule has 4 atom stereocenters. The van der Waals surface area contributed by atoms with Crippen molar-refractivity contribution in [2.45, 2.75) is 116 Å². The molecule has 0 saturated carbocycles. The number of methoxy groups -OCH3 is 6. The van der Waals surface area contributed by atoms with E-state index in [4.69, 9.17) is 23.7 Å². The Bertz CT molecular complexity index is 4680. The van der Waals surface area contributed by atoms with E-state index in [2.05, 4.69) is 40.9 Å². The number of likely N-dealkylation sites (tertiary alicyclic amines) is 1. The number of nitrogens with zero attached hydrogens (tertiary/aromatic N) is 6. The highest BCUT2D eigenvalue weighted by atomic mass is 19.2. The number of piperidine rings is 1. The molecule has 35 heteroatoms. The Hall–Kier alpha value is -12.3. The molecule has 5 aromatic rings. The summed E-state index contributed by atoms with van der Waals surface area (Å²) in [5.41, 5.74) is 2.54. The van der Waals surface area contributed by atoms with Gasteiger partial charge in [0, 0.05) is 34.8 Å². The van der Waals surface area contributed by atoms with E-state index in [0.29, 0.717) is 84.1 Å². The maximum absolute atomic E-state index is 14.2. The van der Waals surface area contributed by atoms with Gasteiger partial charge in [0.15, 0.2) is 58.1 Å². The molecule has 4 unspecified atom stereocenters. The van der Waals surface area contributed by atoms with Crippen molar-refractivity contribution in [1.82, 2.24) is 40.9 Å². The number of imide groups is 2. The number of halogens is 8. The molecule has 5 heterocycles. The average Bonchev–Trinajstić information content (AvgIpc) is 0.772. The lowest BCUT2D eigenvalue weighted by atomic mass is 9.72. The number of nitrogens with one attached hydrogen (secondary N) is 4. The van der Waals surface area contributed by atoms with E-state index in [0.717, 1.165) is 86.4 Å². The summed E-state index contributed by atoms with van der Waals surface area (Å²) in [6.07, 6.45) is 0.0954. The number of carboxylic acid groups (broad SMARTS) is 1. The molecule has 10 rings (SSSR count). The summed E-state index contributed by atoms with van der Waals surface area (Å²) >= 11 is 0. The first-order valence-corrected chi connectivity index (χ1v) is 35.2. The van der Waals surface area contributed by atoms with Crippen molar-refractivity contribution in [1.29, 1.82) is 0 Å². The number of carboxylic acids is 1. The standard InChI is InChI=1S/C31H36F2N4O6.C17H18F2N2O4.C15H14F2N2O5.C15H16F2N2O2/c1-4-24-25(26(20-11-12-22(32)23(33)19-20)37(29(40)35-24)30(41)43-3)27(38)34-15-8-16-36-17-13-31(14-18-36,28(39)42-2)21-9-6-5-7-10-21;1-5-13-14(9(2)22)15(10-6-7-11(18)12(19)8-10)21(17(23)25-4)16(20-13)24-3;1-3-10-11(13(20)21)12(7-4-5-8(16)9(17)6-7)19(14(22)18-10)15(23)24-2;1-4-12-13(8(2)20)14(19-15(18-12)21-3)9-5-6-10(16)11(17)7-9/h5-7,9-12,19,26H,4,8,13-18H2,1-3H3,(H,34,38)(H,35,40);6-8,15H,5H2,1-4H3;4-6,12H,3H2,1-2H3,(H,18,22)(H,20,21);5-7,14H,4H2,1-3H3,(H,18,19). The van der Waals surface area contributed by atoms with Crippen LogP contribution in [-0.2, 0) is 57.8 Å². The van der Waals surface area contributed by atoms with Gasteiger partial charge < -0.3 is 59.7 Å². The second-order valence-corrected chi connectivity index (χ2v) is 25.3. The van der Waals surface area contributed by atoms with Gasteiger partial charge in [-0.2, -0.15) is 0 Å². The van der Waals surface area contributed by atoms with Gasteiger partial charge in [-0.1, -0.05) is 82.3 Å². The van der Waals surface area contributed by atoms with Crippen molar-refractivity contribution in [3.8, 4) is 0 Å². The molecule has 8 amide bonds. The van der Waals surface area contributed by atoms with Crippen LogP contribution in [-0.4, -0.2) is 165 Å². The fourth-order valence-electron chi connectivity index (χ4n) is 13.3. The normalized spacial score (nSPS) is 18.0. The molecule has 0 spiro atoms. The molecule has 5 aromatic carbocycles. The molecule has 604 valence electrons. The number of ketones is 2. The number of hydrogen-bond donors (Lipinski definition) is 5. The highest BCUT2D eigenvalue weighted by molar-refractivity contribution is 6.04. The van der Waals surface area contributed by atoms with Crippen LogP contribution in [0.2, 0.25) is 0 Å². The molecule has 0 bridgehead atoms. The summed E-state index contributed by atoms with van der Waals surface area (Å²) in [6, 6.07) is 15.7. The van der Waals surface area contributed by atoms with Crippen LogP contribution < -0.4 is 21.3 Å². The zero-order valence-electron chi connectivity index (χ0n) is 63.6. The Balaban J connectivity index is 0.000000219. The van der Waals surface area contributed by atoms with Crippen molar-refractivity contribution in [2.24, 2.45) is 9.98 Å². The summed E-state index contributed by atoms with van der Waals surface area (Å²) in [7, 11) is 7.40. The number of allylic oxidation sites excluding steroid dienone is 4. The number of Topliss-reactive ketones (excluding diaryl/α,β-unsaturated/α-hetero) is 2. The molecule has 0 aliphatic carbocycles. The van der Waals surface area contributed by atoms with Crippen LogP contribution in [0.3, 0.4) is 0 Å². The van der Waals surface area contributed by atoms with E-state index < -0.39 is 118 Å². The lowest BCUT2D eigenvalue weighted by Gasteiger charge is -2.40. The molecule has 27 nitrogen and oxygen atoms in total. The highest BCUT2D eigenvalue weighted by Crippen LogP contribution is 2.42. The number of hydrogen-bond acceptors (Lipinski definition) is 20. The Labute approximate surface area is 644 Å². The van der Waals surface area contributed by atoms with Gasteiger partial charge in [-0.25, -0.2) is 88.6 Å². The second kappa shape index (κ2) is 39.6. The minimum absolute atomic E-state index is 0.0298. The van der Waals surface area contributed by atoms with E-state index in [1.165, 1.54) is 53.4 Å². The maximum atomic E-state index is 14.2. The third-order valence-corrected chi connectivity index (χ3v) is 18.8. The van der Waals surface area contributed by atoms with E-state index in [1.807, 2.05) is 37.3 Å². The number of benzene rings is 5. The number of amidine groups is 2. The summed E-state index contributed by atoms with van der Waals surface area (Å²) < 4.78 is 138. The first kappa shape index (κ1) is 87.9.